The Hall–Kier alpha value is -2.50. The zero-order valence-corrected chi connectivity index (χ0v) is 14.7. The van der Waals surface area contributed by atoms with E-state index < -0.39 is 0 Å². The topological polar surface area (TPSA) is 43.9 Å². The van der Waals surface area contributed by atoms with Crippen molar-refractivity contribution in [1.82, 2.24) is 10.0 Å². The van der Waals surface area contributed by atoms with E-state index in [1.165, 1.54) is 10.5 Å². The van der Waals surface area contributed by atoms with Crippen molar-refractivity contribution in [3.05, 3.63) is 65.7 Å². The van der Waals surface area contributed by atoms with Crippen LogP contribution in [-0.4, -0.2) is 41.0 Å². The molecule has 0 N–H and O–H groups in total. The van der Waals surface area contributed by atoms with Gasteiger partial charge in [-0.05, 0) is 31.0 Å². The molecular weight excluding hydrogens is 326 g/mol. The smallest absolute Gasteiger partial charge is 0.253 e. The minimum atomic E-state index is -0.378. The van der Waals surface area contributed by atoms with Gasteiger partial charge >= 0.3 is 0 Å². The lowest BCUT2D eigenvalue weighted by Gasteiger charge is -2.29. The summed E-state index contributed by atoms with van der Waals surface area (Å²) in [5, 5.41) is 4.39. The standard InChI is InChI=1S/C21H21N3O2/c1-14-8-10-15(11-9-14)18-17-19(23-13-5-12-22(18)23)21(26)24(20(17)25)16-6-3-2-4-7-16/h2-4,6-11,17-19H,5,12-13H2,1H3/t17-,18+,19-/m0/s1. The Kier molecular flexibility index (Phi) is 3.48. The predicted octanol–water partition coefficient (Wildman–Crippen LogP) is 2.53. The van der Waals surface area contributed by atoms with Crippen LogP contribution in [-0.2, 0) is 9.59 Å². The Morgan fingerprint density at radius 2 is 1.46 bits per heavy atom. The van der Waals surface area contributed by atoms with Crippen molar-refractivity contribution < 1.29 is 9.59 Å². The monoisotopic (exact) mass is 347 g/mol. The summed E-state index contributed by atoms with van der Waals surface area (Å²) in [7, 11) is 0. The van der Waals surface area contributed by atoms with Crippen LogP contribution in [0.4, 0.5) is 5.69 Å². The molecule has 0 unspecified atom stereocenters. The van der Waals surface area contributed by atoms with E-state index in [0.29, 0.717) is 5.69 Å². The van der Waals surface area contributed by atoms with E-state index in [4.69, 9.17) is 0 Å². The molecule has 2 aromatic rings. The first kappa shape index (κ1) is 15.7. The highest BCUT2D eigenvalue weighted by Gasteiger charge is 2.62. The van der Waals surface area contributed by atoms with E-state index in [9.17, 15) is 9.59 Å². The molecular formula is C21H21N3O2. The largest absolute Gasteiger partial charge is 0.274 e. The average molecular weight is 347 g/mol. The average Bonchev–Trinajstić information content (AvgIpc) is 3.29. The fourth-order valence-corrected chi connectivity index (χ4v) is 4.71. The van der Waals surface area contributed by atoms with Crippen molar-refractivity contribution in [3.63, 3.8) is 0 Å². The summed E-state index contributed by atoms with van der Waals surface area (Å²) in [6.45, 7) is 3.80. The maximum atomic E-state index is 13.3. The third kappa shape index (κ3) is 2.11. The molecule has 3 heterocycles. The van der Waals surface area contributed by atoms with Crippen molar-refractivity contribution in [2.75, 3.05) is 18.0 Å². The van der Waals surface area contributed by atoms with Gasteiger partial charge in [-0.25, -0.2) is 14.9 Å². The summed E-state index contributed by atoms with van der Waals surface area (Å²) >= 11 is 0. The molecule has 132 valence electrons. The molecule has 0 radical (unpaired) electrons. The highest BCUT2D eigenvalue weighted by Crippen LogP contribution is 2.48. The second-order valence-electron chi connectivity index (χ2n) is 7.35. The Labute approximate surface area is 152 Å². The van der Waals surface area contributed by atoms with Crippen LogP contribution in [0.5, 0.6) is 0 Å². The molecule has 5 heteroatoms. The van der Waals surface area contributed by atoms with E-state index in [-0.39, 0.29) is 29.8 Å². The van der Waals surface area contributed by atoms with Crippen LogP contribution in [0.3, 0.4) is 0 Å². The summed E-state index contributed by atoms with van der Waals surface area (Å²) in [5.41, 5.74) is 2.98. The second-order valence-corrected chi connectivity index (χ2v) is 7.35. The molecule has 2 amide bonds. The van der Waals surface area contributed by atoms with Gasteiger partial charge in [0.05, 0.1) is 17.6 Å². The van der Waals surface area contributed by atoms with E-state index in [2.05, 4.69) is 41.2 Å². The molecule has 2 aromatic carbocycles. The molecule has 0 bridgehead atoms. The lowest BCUT2D eigenvalue weighted by atomic mass is 9.89. The fraction of sp³-hybridized carbons (Fsp3) is 0.333. The zero-order chi connectivity index (χ0) is 17.8. The van der Waals surface area contributed by atoms with Gasteiger partial charge in [-0.3, -0.25) is 9.59 Å². The van der Waals surface area contributed by atoms with Crippen LogP contribution in [0.1, 0.15) is 23.6 Å². The van der Waals surface area contributed by atoms with Crippen molar-refractivity contribution in [2.45, 2.75) is 25.4 Å². The Morgan fingerprint density at radius 3 is 2.15 bits per heavy atom. The predicted molar refractivity (Wildman–Crippen MR) is 98.2 cm³/mol. The highest BCUT2D eigenvalue weighted by molar-refractivity contribution is 6.24. The van der Waals surface area contributed by atoms with Gasteiger partial charge in [0.15, 0.2) is 0 Å². The zero-order valence-electron chi connectivity index (χ0n) is 14.7. The Morgan fingerprint density at radius 1 is 0.808 bits per heavy atom. The molecule has 0 aromatic heterocycles. The summed E-state index contributed by atoms with van der Waals surface area (Å²) < 4.78 is 0. The van der Waals surface area contributed by atoms with Crippen LogP contribution < -0.4 is 4.90 Å². The summed E-state index contributed by atoms with van der Waals surface area (Å²) in [6, 6.07) is 17.2. The molecule has 26 heavy (non-hydrogen) atoms. The molecule has 3 saturated heterocycles. The number of anilines is 1. The van der Waals surface area contributed by atoms with Gasteiger partial charge in [0.1, 0.15) is 6.04 Å². The van der Waals surface area contributed by atoms with Gasteiger partial charge in [0.2, 0.25) is 5.91 Å². The number of carbonyl (C=O) groups is 2. The SMILES string of the molecule is Cc1ccc([C@@H]2[C@@H]3C(=O)N(c4ccccc4)C(=O)[C@H]3N3CCCN23)cc1. The number of amides is 2. The first-order chi connectivity index (χ1) is 12.7. The van der Waals surface area contributed by atoms with Crippen LogP contribution in [0, 0.1) is 12.8 Å². The first-order valence-electron chi connectivity index (χ1n) is 9.19. The molecule has 0 aliphatic carbocycles. The molecule has 3 fully saturated rings. The van der Waals surface area contributed by atoms with E-state index >= 15 is 0 Å². The maximum absolute atomic E-state index is 13.3. The molecule has 5 nitrogen and oxygen atoms in total. The number of hydrogen-bond donors (Lipinski definition) is 0. The van der Waals surface area contributed by atoms with E-state index in [1.54, 1.807) is 0 Å². The minimum Gasteiger partial charge on any atom is -0.274 e. The van der Waals surface area contributed by atoms with Crippen molar-refractivity contribution in [1.29, 1.82) is 0 Å². The van der Waals surface area contributed by atoms with E-state index in [0.717, 1.165) is 25.1 Å². The maximum Gasteiger partial charge on any atom is 0.253 e. The quantitative estimate of drug-likeness (QED) is 0.783. The number of carbonyl (C=O) groups excluding carboxylic acids is 2. The summed E-state index contributed by atoms with van der Waals surface area (Å²) in [6.07, 6.45) is 1.03. The van der Waals surface area contributed by atoms with Gasteiger partial charge in [-0.2, -0.15) is 0 Å². The summed E-state index contributed by atoms with van der Waals surface area (Å²) in [5.74, 6) is -0.510. The Balaban J connectivity index is 1.59. The van der Waals surface area contributed by atoms with Crippen molar-refractivity contribution in [2.24, 2.45) is 5.92 Å². The molecule has 0 spiro atoms. The lowest BCUT2D eigenvalue weighted by molar-refractivity contribution is -0.126. The number of imide groups is 1. The normalized spacial score (nSPS) is 28.7. The highest BCUT2D eigenvalue weighted by atomic mass is 16.2. The van der Waals surface area contributed by atoms with Crippen LogP contribution in [0.15, 0.2) is 54.6 Å². The van der Waals surface area contributed by atoms with Gasteiger partial charge < -0.3 is 0 Å². The molecule has 3 aliphatic heterocycles. The number of nitrogens with zero attached hydrogens (tertiary/aromatic N) is 3. The van der Waals surface area contributed by atoms with Crippen LogP contribution in [0.25, 0.3) is 0 Å². The van der Waals surface area contributed by atoms with Gasteiger partial charge in [-0.15, -0.1) is 0 Å². The number of rotatable bonds is 2. The number of fused-ring (bicyclic) bond motifs is 3. The minimum absolute atomic E-state index is 0.0618. The third-order valence-corrected chi connectivity index (χ3v) is 5.84. The van der Waals surface area contributed by atoms with Crippen LogP contribution >= 0.6 is 0 Å². The van der Waals surface area contributed by atoms with Gasteiger partial charge in [-0.1, -0.05) is 48.0 Å². The second kappa shape index (κ2) is 5.76. The number of hydrazine groups is 1. The van der Waals surface area contributed by atoms with E-state index in [1.807, 2.05) is 30.3 Å². The molecule has 3 aliphatic rings. The fourth-order valence-electron chi connectivity index (χ4n) is 4.71. The van der Waals surface area contributed by atoms with Gasteiger partial charge in [0, 0.05) is 13.1 Å². The van der Waals surface area contributed by atoms with Crippen molar-refractivity contribution in [3.8, 4) is 0 Å². The number of hydrogen-bond acceptors (Lipinski definition) is 4. The molecule has 3 atom stereocenters. The van der Waals surface area contributed by atoms with Crippen LogP contribution in [0.2, 0.25) is 0 Å². The molecule has 0 saturated carbocycles. The summed E-state index contributed by atoms with van der Waals surface area (Å²) in [4.78, 5) is 27.9. The van der Waals surface area contributed by atoms with Gasteiger partial charge in [0.25, 0.3) is 5.91 Å². The van der Waals surface area contributed by atoms with Crippen molar-refractivity contribution >= 4 is 17.5 Å². The molecule has 5 rings (SSSR count). The lowest BCUT2D eigenvalue weighted by Crippen LogP contribution is -2.44. The third-order valence-electron chi connectivity index (χ3n) is 5.84. The Bertz CT molecular complexity index is 865. The first-order valence-corrected chi connectivity index (χ1v) is 9.19. The number of aryl methyl sites for hydroxylation is 1. The number of benzene rings is 2. The number of para-hydroxylation sites is 1.